The van der Waals surface area contributed by atoms with E-state index in [0.717, 1.165) is 65.7 Å². The molecule has 1 fully saturated rings. The molecule has 49 heavy (non-hydrogen) atoms. The number of furan rings is 1. The molecule has 1 N–H and O–H groups in total. The lowest BCUT2D eigenvalue weighted by molar-refractivity contribution is -0.124. The molecule has 0 saturated heterocycles. The number of carbonyl (C=O) groups excluding carboxylic acids is 2. The summed E-state index contributed by atoms with van der Waals surface area (Å²) < 4.78 is 10.7. The maximum atomic E-state index is 15.3. The lowest BCUT2D eigenvalue weighted by Crippen LogP contribution is -2.50. The maximum absolute atomic E-state index is 15.3. The first-order chi connectivity index (χ1) is 24.1. The number of benzene rings is 4. The van der Waals surface area contributed by atoms with Gasteiger partial charge in [-0.1, -0.05) is 110 Å². The number of carbonyl (C=O) groups is 2. The Labute approximate surface area is 286 Å². The van der Waals surface area contributed by atoms with E-state index < -0.39 is 17.4 Å². The van der Waals surface area contributed by atoms with E-state index in [1.165, 1.54) is 7.11 Å². The Bertz CT molecular complexity index is 1870. The van der Waals surface area contributed by atoms with Gasteiger partial charge in [-0.2, -0.15) is 0 Å². The highest BCUT2D eigenvalue weighted by Crippen LogP contribution is 2.52. The Morgan fingerprint density at radius 2 is 1.35 bits per heavy atom. The normalized spacial score (nSPS) is 14.2. The second kappa shape index (κ2) is 14.2. The third kappa shape index (κ3) is 6.08. The van der Waals surface area contributed by atoms with E-state index >= 15 is 4.79 Å². The van der Waals surface area contributed by atoms with Gasteiger partial charge in [0.15, 0.2) is 0 Å². The Morgan fingerprint density at radius 3 is 1.86 bits per heavy atom. The highest BCUT2D eigenvalue weighted by Gasteiger charge is 2.50. The Kier molecular flexibility index (Phi) is 9.24. The van der Waals surface area contributed by atoms with Crippen LogP contribution in [-0.4, -0.2) is 29.0 Å². The summed E-state index contributed by atoms with van der Waals surface area (Å²) >= 11 is 0. The number of hydrogen-bond donors (Lipinski definition) is 1. The minimum absolute atomic E-state index is 0.0881. The predicted octanol–water partition coefficient (Wildman–Crippen LogP) is 9.15. The molecule has 7 heteroatoms. The third-order valence-electron chi connectivity index (χ3n) is 9.78. The van der Waals surface area contributed by atoms with Gasteiger partial charge in [0.1, 0.15) is 5.76 Å². The molecule has 0 spiro atoms. The zero-order valence-electron chi connectivity index (χ0n) is 27.5. The predicted molar refractivity (Wildman–Crippen MR) is 190 cm³/mol. The average molecular weight is 650 g/mol. The van der Waals surface area contributed by atoms with Crippen LogP contribution in [0.2, 0.25) is 0 Å². The minimum atomic E-state index is -0.851. The zero-order valence-corrected chi connectivity index (χ0v) is 27.5. The highest BCUT2D eigenvalue weighted by atomic mass is 16.5. The molecule has 1 saturated carbocycles. The number of aromatic amines is 1. The maximum Gasteiger partial charge on any atom is 0.373 e. The van der Waals surface area contributed by atoms with Gasteiger partial charge in [0.25, 0.3) is 0 Å². The SMILES string of the molecule is COC(=O)c1ccc(-c2ccc(N(C(=O)C3CCCCC3)C(c3cnc[nH]3)C(c3ccccc3)(c3ccccc3)c3ccccc3)cc2)o1. The van der Waals surface area contributed by atoms with Gasteiger partial charge in [0.2, 0.25) is 11.7 Å². The summed E-state index contributed by atoms with van der Waals surface area (Å²) in [5.74, 6) is 0.105. The van der Waals surface area contributed by atoms with Crippen LogP contribution in [0.5, 0.6) is 0 Å². The van der Waals surface area contributed by atoms with Crippen LogP contribution >= 0.6 is 0 Å². The smallest absolute Gasteiger partial charge is 0.373 e. The largest absolute Gasteiger partial charge is 0.463 e. The van der Waals surface area contributed by atoms with Crippen LogP contribution in [0.1, 0.15) is 71.1 Å². The number of esters is 1. The summed E-state index contributed by atoms with van der Waals surface area (Å²) in [6.45, 7) is 0. The van der Waals surface area contributed by atoms with Crippen LogP contribution in [0.4, 0.5) is 5.69 Å². The van der Waals surface area contributed by atoms with Gasteiger partial charge < -0.3 is 19.0 Å². The molecule has 1 aliphatic carbocycles. The number of rotatable bonds is 10. The van der Waals surface area contributed by atoms with Crippen LogP contribution in [0.15, 0.2) is 144 Å². The van der Waals surface area contributed by atoms with Crippen LogP contribution in [-0.2, 0) is 14.9 Å². The van der Waals surface area contributed by atoms with Gasteiger partial charge >= 0.3 is 5.97 Å². The van der Waals surface area contributed by atoms with Gasteiger partial charge in [0.05, 0.1) is 36.8 Å². The van der Waals surface area contributed by atoms with Crippen LogP contribution in [0.3, 0.4) is 0 Å². The molecule has 1 amide bonds. The molecule has 0 aliphatic heterocycles. The van der Waals surface area contributed by atoms with Crippen molar-refractivity contribution in [3.8, 4) is 11.3 Å². The first-order valence-electron chi connectivity index (χ1n) is 16.9. The van der Waals surface area contributed by atoms with Gasteiger partial charge in [-0.15, -0.1) is 0 Å². The number of ether oxygens (including phenoxy) is 1. The van der Waals surface area contributed by atoms with Crippen LogP contribution in [0, 0.1) is 5.92 Å². The van der Waals surface area contributed by atoms with Crippen LogP contribution in [0.25, 0.3) is 11.3 Å². The molecule has 0 radical (unpaired) electrons. The number of imidazole rings is 1. The van der Waals surface area contributed by atoms with Gasteiger partial charge in [-0.3, -0.25) is 4.79 Å². The molecule has 1 unspecified atom stereocenters. The van der Waals surface area contributed by atoms with E-state index in [2.05, 4.69) is 82.8 Å². The van der Waals surface area contributed by atoms with Crippen molar-refractivity contribution in [2.75, 3.05) is 12.0 Å². The monoisotopic (exact) mass is 649 g/mol. The number of amides is 1. The van der Waals surface area contributed by atoms with Crippen molar-refractivity contribution in [1.29, 1.82) is 0 Å². The van der Waals surface area contributed by atoms with E-state index in [4.69, 9.17) is 9.15 Å². The van der Waals surface area contributed by atoms with Crippen molar-refractivity contribution in [1.82, 2.24) is 9.97 Å². The number of methoxy groups -OCH3 is 1. The number of nitrogens with one attached hydrogen (secondary N) is 1. The Hall–Kier alpha value is -5.69. The molecular weight excluding hydrogens is 610 g/mol. The van der Waals surface area contributed by atoms with Crippen LogP contribution < -0.4 is 4.90 Å². The molecule has 2 aromatic heterocycles. The van der Waals surface area contributed by atoms with Crippen molar-refractivity contribution in [2.45, 2.75) is 43.6 Å². The lowest BCUT2D eigenvalue weighted by Gasteiger charge is -2.48. The summed E-state index contributed by atoms with van der Waals surface area (Å²) in [4.78, 5) is 37.3. The Morgan fingerprint density at radius 1 is 0.776 bits per heavy atom. The summed E-state index contributed by atoms with van der Waals surface area (Å²) in [6, 6.07) is 42.1. The molecule has 1 aliphatic rings. The first-order valence-corrected chi connectivity index (χ1v) is 16.9. The van der Waals surface area contributed by atoms with Gasteiger partial charge in [0, 0.05) is 17.2 Å². The van der Waals surface area contributed by atoms with Crippen molar-refractivity contribution < 1.29 is 18.7 Å². The lowest BCUT2D eigenvalue weighted by atomic mass is 9.63. The minimum Gasteiger partial charge on any atom is -0.463 e. The standard InChI is InChI=1S/C42H39N3O4/c1-48-41(47)38-27-26-37(49-38)30-22-24-35(25-23-30)45(40(46)31-14-6-2-7-15-31)39(36-28-43-29-44-36)42(32-16-8-3-9-17-32,33-18-10-4-11-19-33)34-20-12-5-13-21-34/h3-5,8-13,16-29,31,39H,2,6-7,14-15H2,1H3,(H,43,44). The fraction of sp³-hybridized carbons (Fsp3) is 0.214. The fourth-order valence-electron chi connectivity index (χ4n) is 7.50. The van der Waals surface area contributed by atoms with E-state index in [0.29, 0.717) is 5.76 Å². The van der Waals surface area contributed by atoms with E-state index in [9.17, 15) is 4.79 Å². The molecule has 6 aromatic rings. The molecule has 0 bridgehead atoms. The molecule has 7 nitrogen and oxygen atoms in total. The van der Waals surface area contributed by atoms with Crippen molar-refractivity contribution in [3.63, 3.8) is 0 Å². The molecule has 7 rings (SSSR count). The van der Waals surface area contributed by atoms with Crippen molar-refractivity contribution in [2.24, 2.45) is 5.92 Å². The average Bonchev–Trinajstić information content (AvgIpc) is 3.90. The molecule has 4 aromatic carbocycles. The topological polar surface area (TPSA) is 88.4 Å². The second-order valence-electron chi connectivity index (χ2n) is 12.6. The highest BCUT2D eigenvalue weighted by molar-refractivity contribution is 5.97. The zero-order chi connectivity index (χ0) is 33.6. The van der Waals surface area contributed by atoms with E-state index in [-0.39, 0.29) is 17.6 Å². The number of anilines is 1. The van der Waals surface area contributed by atoms with E-state index in [1.807, 2.05) is 53.6 Å². The molecule has 1 atom stereocenters. The quantitative estimate of drug-likeness (QED) is 0.118. The first kappa shape index (κ1) is 31.9. The van der Waals surface area contributed by atoms with Crippen molar-refractivity contribution in [3.05, 3.63) is 168 Å². The van der Waals surface area contributed by atoms with Crippen molar-refractivity contribution >= 4 is 17.6 Å². The summed E-state index contributed by atoms with van der Waals surface area (Å²) in [6.07, 6.45) is 8.43. The Balaban J connectivity index is 1.48. The molecule has 246 valence electrons. The molecular formula is C42H39N3O4. The summed E-state index contributed by atoms with van der Waals surface area (Å²) in [5, 5.41) is 0. The number of nitrogens with zero attached hydrogens (tertiary/aromatic N) is 2. The number of H-pyrrole nitrogens is 1. The summed E-state index contributed by atoms with van der Waals surface area (Å²) in [7, 11) is 1.33. The summed E-state index contributed by atoms with van der Waals surface area (Å²) in [5.41, 5.74) is 4.66. The molecule has 2 heterocycles. The van der Waals surface area contributed by atoms with E-state index in [1.54, 1.807) is 18.5 Å². The van der Waals surface area contributed by atoms with Gasteiger partial charge in [-0.05, 0) is 65.9 Å². The number of aromatic nitrogens is 2. The second-order valence-corrected chi connectivity index (χ2v) is 12.6. The van der Waals surface area contributed by atoms with Gasteiger partial charge in [-0.25, -0.2) is 9.78 Å². The third-order valence-corrected chi connectivity index (χ3v) is 9.78. The fourth-order valence-corrected chi connectivity index (χ4v) is 7.50. The number of hydrogen-bond acceptors (Lipinski definition) is 5.